The van der Waals surface area contributed by atoms with Gasteiger partial charge in [-0.2, -0.15) is 23.5 Å². The van der Waals surface area contributed by atoms with Crippen LogP contribution in [0.2, 0.25) is 0 Å². The van der Waals surface area contributed by atoms with Crippen LogP contribution in [0.25, 0.3) is 0 Å². The van der Waals surface area contributed by atoms with Crippen LogP contribution in [0.3, 0.4) is 0 Å². The van der Waals surface area contributed by atoms with Crippen molar-refractivity contribution in [1.29, 1.82) is 0 Å². The number of carbonyl (C=O) groups excluding carboxylic acids is 2. The first-order valence-corrected chi connectivity index (χ1v) is 27.6. The summed E-state index contributed by atoms with van der Waals surface area (Å²) in [4.78, 5) is 28.2. The van der Waals surface area contributed by atoms with Gasteiger partial charge in [0.15, 0.2) is 0 Å². The minimum atomic E-state index is -0.111. The molecule has 0 amide bonds. The number of hydrogen-bond donors (Lipinski definition) is 1. The number of carbonyl (C=O) groups is 2. The molecule has 3 fully saturated rings. The number of esters is 2. The molecular formula is C50H93NO5S2. The van der Waals surface area contributed by atoms with E-state index in [4.69, 9.17) is 9.47 Å². The molecule has 0 radical (unpaired) electrons. The lowest BCUT2D eigenvalue weighted by atomic mass is 9.86. The fraction of sp³-hybridized carbons (Fsp3) is 0.960. The van der Waals surface area contributed by atoms with E-state index >= 15 is 0 Å². The third-order valence-electron chi connectivity index (χ3n) is 13.8. The highest BCUT2D eigenvalue weighted by atomic mass is 32.2. The Morgan fingerprint density at radius 3 is 1.41 bits per heavy atom. The largest absolute Gasteiger partial charge is 0.461 e. The maximum atomic E-state index is 12.8. The summed E-state index contributed by atoms with van der Waals surface area (Å²) < 4.78 is 12.2. The maximum Gasteiger partial charge on any atom is 0.306 e. The summed E-state index contributed by atoms with van der Waals surface area (Å²) in [6, 6.07) is 1.13. The highest BCUT2D eigenvalue weighted by molar-refractivity contribution is 7.99. The molecule has 0 saturated heterocycles. The molecule has 3 saturated carbocycles. The smallest absolute Gasteiger partial charge is 0.306 e. The van der Waals surface area contributed by atoms with Crippen molar-refractivity contribution in [3.8, 4) is 0 Å². The molecule has 2 unspecified atom stereocenters. The van der Waals surface area contributed by atoms with E-state index in [1.807, 2.05) is 23.5 Å². The predicted molar refractivity (Wildman–Crippen MR) is 251 cm³/mol. The number of unbranched alkanes of at least 4 members (excludes halogenated alkanes) is 10. The monoisotopic (exact) mass is 852 g/mol. The Bertz CT molecular complexity index is 932. The molecule has 6 nitrogen and oxygen atoms in total. The molecule has 8 heteroatoms. The zero-order chi connectivity index (χ0) is 41.5. The number of rotatable bonds is 36. The highest BCUT2D eigenvalue weighted by Crippen LogP contribution is 2.31. The Morgan fingerprint density at radius 1 is 0.586 bits per heavy atom. The Balaban J connectivity index is 1.31. The van der Waals surface area contributed by atoms with E-state index in [0.717, 1.165) is 86.2 Å². The normalized spacial score (nSPS) is 20.8. The SMILES string of the molecule is CCCCCCC(CSCCCCCC(CCCCCSCC(CCCCCC)OC(=O)CCC1CCCCC1)N(C)[C@H]1C[C@@H](O)C1)OC(=O)CCC1CCCCC1. The Kier molecular flexibility index (Phi) is 30.5. The first-order chi connectivity index (χ1) is 28.4. The minimum Gasteiger partial charge on any atom is -0.461 e. The summed E-state index contributed by atoms with van der Waals surface area (Å²) in [6.45, 7) is 4.51. The molecule has 0 spiro atoms. The Hall–Kier alpha value is -0.440. The molecule has 3 aliphatic rings. The first-order valence-electron chi connectivity index (χ1n) is 25.3. The quantitative estimate of drug-likeness (QED) is 0.0493. The summed E-state index contributed by atoms with van der Waals surface area (Å²) in [7, 11) is 2.31. The second-order valence-electron chi connectivity index (χ2n) is 19.0. The third kappa shape index (κ3) is 24.9. The molecular weight excluding hydrogens is 759 g/mol. The van der Waals surface area contributed by atoms with Crippen LogP contribution in [0.5, 0.6) is 0 Å². The van der Waals surface area contributed by atoms with E-state index in [1.165, 1.54) is 154 Å². The van der Waals surface area contributed by atoms with Gasteiger partial charge < -0.3 is 19.5 Å². The molecule has 0 heterocycles. The lowest BCUT2D eigenvalue weighted by Gasteiger charge is -2.43. The molecule has 0 aliphatic heterocycles. The summed E-state index contributed by atoms with van der Waals surface area (Å²) in [5.41, 5.74) is 0. The number of aliphatic hydroxyl groups excluding tert-OH is 1. The van der Waals surface area contributed by atoms with Crippen molar-refractivity contribution < 1.29 is 24.2 Å². The maximum absolute atomic E-state index is 12.8. The molecule has 0 aromatic heterocycles. The van der Waals surface area contributed by atoms with E-state index in [2.05, 4.69) is 25.8 Å². The summed E-state index contributed by atoms with van der Waals surface area (Å²) in [5, 5.41) is 10.0. The van der Waals surface area contributed by atoms with E-state index in [-0.39, 0.29) is 30.3 Å². The third-order valence-corrected chi connectivity index (χ3v) is 16.2. The van der Waals surface area contributed by atoms with Crippen molar-refractivity contribution in [2.45, 2.75) is 263 Å². The second-order valence-corrected chi connectivity index (χ2v) is 21.3. The van der Waals surface area contributed by atoms with Gasteiger partial charge in [-0.3, -0.25) is 9.59 Å². The molecule has 58 heavy (non-hydrogen) atoms. The van der Waals surface area contributed by atoms with Gasteiger partial charge >= 0.3 is 11.9 Å². The van der Waals surface area contributed by atoms with Crippen molar-refractivity contribution in [2.24, 2.45) is 11.8 Å². The Morgan fingerprint density at radius 2 is 1.00 bits per heavy atom. The zero-order valence-corrected chi connectivity index (χ0v) is 39.9. The molecule has 0 aromatic carbocycles. The molecule has 1 N–H and O–H groups in total. The van der Waals surface area contributed by atoms with Gasteiger partial charge in [0, 0.05) is 36.4 Å². The van der Waals surface area contributed by atoms with Gasteiger partial charge in [0.1, 0.15) is 12.2 Å². The minimum absolute atomic E-state index is 0.0408. The van der Waals surface area contributed by atoms with E-state index in [1.54, 1.807) is 0 Å². The first kappa shape index (κ1) is 51.9. The summed E-state index contributed by atoms with van der Waals surface area (Å²) >= 11 is 3.99. The standard InChI is InChI=1S/C50H93NO5S2/c1-4-6-8-20-30-47(55-49(53)34-32-42-24-14-10-15-25-42)40-57-36-22-12-18-28-44(51(3)45-38-46(52)39-45)29-19-13-23-37-58-41-48(31-21-9-7-5-2)56-50(54)35-33-43-26-16-11-17-27-43/h42-48,52H,4-41H2,1-3H3/t44?,45-,46+,47?,48?. The van der Waals surface area contributed by atoms with Crippen LogP contribution in [0.1, 0.15) is 232 Å². The average Bonchev–Trinajstić information content (AvgIpc) is 3.22. The number of ether oxygens (including phenoxy) is 2. The molecule has 2 atom stereocenters. The van der Waals surface area contributed by atoms with Gasteiger partial charge in [-0.25, -0.2) is 0 Å². The average molecular weight is 852 g/mol. The van der Waals surface area contributed by atoms with Gasteiger partial charge in [-0.05, 0) is 107 Å². The van der Waals surface area contributed by atoms with Crippen molar-refractivity contribution in [2.75, 3.05) is 30.1 Å². The van der Waals surface area contributed by atoms with Crippen molar-refractivity contribution in [3.63, 3.8) is 0 Å². The van der Waals surface area contributed by atoms with Crippen LogP contribution in [-0.2, 0) is 19.1 Å². The van der Waals surface area contributed by atoms with Crippen LogP contribution in [0, 0.1) is 11.8 Å². The molecule has 0 aromatic rings. The number of aliphatic hydroxyl groups is 1. The van der Waals surface area contributed by atoms with Gasteiger partial charge in [0.05, 0.1) is 6.10 Å². The van der Waals surface area contributed by atoms with Gasteiger partial charge in [0.2, 0.25) is 0 Å². The van der Waals surface area contributed by atoms with Gasteiger partial charge in [-0.1, -0.05) is 142 Å². The number of thioether (sulfide) groups is 2. The fourth-order valence-electron chi connectivity index (χ4n) is 9.73. The molecule has 0 bridgehead atoms. The Labute approximate surface area is 367 Å². The summed E-state index contributed by atoms with van der Waals surface area (Å²) in [6.07, 6.45) is 40.2. The fourth-order valence-corrected chi connectivity index (χ4v) is 11.9. The number of hydrogen-bond acceptors (Lipinski definition) is 8. The van der Waals surface area contributed by atoms with E-state index in [9.17, 15) is 14.7 Å². The predicted octanol–water partition coefficient (Wildman–Crippen LogP) is 13.9. The lowest BCUT2D eigenvalue weighted by Crippen LogP contribution is -2.49. The van der Waals surface area contributed by atoms with Crippen molar-refractivity contribution in [1.82, 2.24) is 4.90 Å². The van der Waals surface area contributed by atoms with Crippen LogP contribution in [0.4, 0.5) is 0 Å². The molecule has 3 aliphatic carbocycles. The lowest BCUT2D eigenvalue weighted by molar-refractivity contribution is -0.149. The van der Waals surface area contributed by atoms with Crippen LogP contribution < -0.4 is 0 Å². The van der Waals surface area contributed by atoms with E-state index in [0.29, 0.717) is 24.9 Å². The second kappa shape index (κ2) is 34.1. The topological polar surface area (TPSA) is 76.1 Å². The van der Waals surface area contributed by atoms with Crippen molar-refractivity contribution >= 4 is 35.5 Å². The van der Waals surface area contributed by atoms with Gasteiger partial charge in [-0.15, -0.1) is 0 Å². The van der Waals surface area contributed by atoms with Crippen LogP contribution in [-0.4, -0.2) is 82.4 Å². The van der Waals surface area contributed by atoms with E-state index < -0.39 is 0 Å². The summed E-state index contributed by atoms with van der Waals surface area (Å²) in [5.74, 6) is 5.74. The highest BCUT2D eigenvalue weighted by Gasteiger charge is 2.33. The zero-order valence-electron chi connectivity index (χ0n) is 38.3. The van der Waals surface area contributed by atoms with Crippen LogP contribution >= 0.6 is 23.5 Å². The van der Waals surface area contributed by atoms with Gasteiger partial charge in [0.25, 0.3) is 0 Å². The molecule has 3 rings (SSSR count). The van der Waals surface area contributed by atoms with Crippen molar-refractivity contribution in [3.05, 3.63) is 0 Å². The number of nitrogens with zero attached hydrogens (tertiary/aromatic N) is 1. The van der Waals surface area contributed by atoms with Crippen LogP contribution in [0.15, 0.2) is 0 Å². The molecule has 340 valence electrons.